The van der Waals surface area contributed by atoms with Gasteiger partial charge in [-0.15, -0.1) is 0 Å². The summed E-state index contributed by atoms with van der Waals surface area (Å²) in [6, 6.07) is 2.31. The zero-order valence-electron chi connectivity index (χ0n) is 15.2. The Morgan fingerprint density at radius 3 is 2.69 bits per heavy atom. The lowest BCUT2D eigenvalue weighted by molar-refractivity contribution is 0.138. The van der Waals surface area contributed by atoms with E-state index in [1.165, 1.54) is 0 Å². The summed E-state index contributed by atoms with van der Waals surface area (Å²) in [5.74, 6) is 1.54. The van der Waals surface area contributed by atoms with E-state index in [-0.39, 0.29) is 11.8 Å². The number of hydrogen-bond donors (Lipinski definition) is 2. The molecule has 0 radical (unpaired) electrons. The van der Waals surface area contributed by atoms with Gasteiger partial charge in [-0.05, 0) is 57.1 Å². The number of nitrogens with one attached hydrogen (secondary N) is 1. The summed E-state index contributed by atoms with van der Waals surface area (Å²) in [5, 5.41) is 8.37. The predicted octanol–water partition coefficient (Wildman–Crippen LogP) is 4.84. The summed E-state index contributed by atoms with van der Waals surface area (Å²) < 4.78 is 6.53. The highest BCUT2D eigenvalue weighted by molar-refractivity contribution is 14.1. The topological polar surface area (TPSA) is 82.3 Å². The summed E-state index contributed by atoms with van der Waals surface area (Å²) >= 11 is 2.42. The van der Waals surface area contributed by atoms with E-state index in [1.807, 2.05) is 6.07 Å². The molecule has 2 N–H and O–H groups in total. The minimum Gasteiger partial charge on any atom is -0.357 e. The molecular formula is C18H28IN4O2P. The van der Waals surface area contributed by atoms with Crippen molar-refractivity contribution in [2.45, 2.75) is 66.7 Å². The van der Waals surface area contributed by atoms with Crippen molar-refractivity contribution in [2.75, 3.05) is 11.9 Å². The molecule has 144 valence electrons. The standard InChI is InChI=1S/C18H28IN4O2P/c1-3-17-21-11-10-18(22-17)23(2)14-5-7-15(8-6-14)25-26(20,24)16-9-4-13(19)12-16/h3,10-11,13-16H,1,4-9,12H2,2H3,(H2,20,24). The van der Waals surface area contributed by atoms with Crippen LogP contribution in [0.3, 0.4) is 0 Å². The van der Waals surface area contributed by atoms with Crippen LogP contribution in [0.15, 0.2) is 18.8 Å². The van der Waals surface area contributed by atoms with Gasteiger partial charge in [-0.25, -0.2) is 9.97 Å². The van der Waals surface area contributed by atoms with Crippen LogP contribution >= 0.6 is 30.1 Å². The SMILES string of the molecule is C=Cc1nccc(N(C)C2CCC(OP(=N)(O)C3CCC(I)C3)CC2)n1. The van der Waals surface area contributed by atoms with E-state index in [0.717, 1.165) is 50.8 Å². The first-order valence-electron chi connectivity index (χ1n) is 9.26. The molecule has 2 aliphatic carbocycles. The van der Waals surface area contributed by atoms with Crippen LogP contribution in [0.2, 0.25) is 0 Å². The maximum Gasteiger partial charge on any atom is 0.210 e. The Labute approximate surface area is 169 Å². The highest BCUT2D eigenvalue weighted by Crippen LogP contribution is 2.57. The lowest BCUT2D eigenvalue weighted by Crippen LogP contribution is -2.37. The fraction of sp³-hybridized carbons (Fsp3) is 0.667. The minimum absolute atomic E-state index is 0.0119. The Bertz CT molecular complexity index is 681. The van der Waals surface area contributed by atoms with Gasteiger partial charge in [-0.1, -0.05) is 29.2 Å². The van der Waals surface area contributed by atoms with Crippen molar-refractivity contribution in [2.24, 2.45) is 0 Å². The zero-order chi connectivity index (χ0) is 18.7. The number of aromatic nitrogens is 2. The Kier molecular flexibility index (Phi) is 6.75. The van der Waals surface area contributed by atoms with E-state index in [9.17, 15) is 4.89 Å². The monoisotopic (exact) mass is 490 g/mol. The molecule has 0 spiro atoms. The van der Waals surface area contributed by atoms with Crippen molar-refractivity contribution in [3.63, 3.8) is 0 Å². The van der Waals surface area contributed by atoms with Gasteiger partial charge >= 0.3 is 0 Å². The number of hydrogen-bond acceptors (Lipinski definition) is 5. The van der Waals surface area contributed by atoms with Crippen molar-refractivity contribution < 1.29 is 9.42 Å². The first-order chi connectivity index (χ1) is 12.4. The molecule has 2 saturated carbocycles. The fourth-order valence-electron chi connectivity index (χ4n) is 3.92. The Morgan fingerprint density at radius 1 is 1.35 bits per heavy atom. The zero-order valence-corrected chi connectivity index (χ0v) is 18.3. The summed E-state index contributed by atoms with van der Waals surface area (Å²) in [7, 11) is -0.945. The first-order valence-corrected chi connectivity index (χ1v) is 12.2. The van der Waals surface area contributed by atoms with Gasteiger partial charge in [0.25, 0.3) is 0 Å². The van der Waals surface area contributed by atoms with E-state index >= 15 is 0 Å². The van der Waals surface area contributed by atoms with E-state index < -0.39 is 7.51 Å². The first kappa shape index (κ1) is 20.2. The molecule has 8 heteroatoms. The second-order valence-electron chi connectivity index (χ2n) is 7.31. The smallest absolute Gasteiger partial charge is 0.210 e. The number of anilines is 1. The van der Waals surface area contributed by atoms with Gasteiger partial charge in [0.2, 0.25) is 7.51 Å². The molecule has 0 bridgehead atoms. The molecule has 3 unspecified atom stereocenters. The van der Waals surface area contributed by atoms with Gasteiger partial charge in [-0.2, -0.15) is 0 Å². The number of alkyl halides is 1. The number of nitrogens with zero attached hydrogens (tertiary/aromatic N) is 3. The molecule has 3 atom stereocenters. The van der Waals surface area contributed by atoms with Gasteiger partial charge < -0.3 is 14.3 Å². The van der Waals surface area contributed by atoms with Crippen LogP contribution in [0.5, 0.6) is 0 Å². The third kappa shape index (κ3) is 4.86. The van der Waals surface area contributed by atoms with Crippen LogP contribution in [0.25, 0.3) is 6.08 Å². The van der Waals surface area contributed by atoms with Crippen LogP contribution < -0.4 is 4.90 Å². The molecule has 26 heavy (non-hydrogen) atoms. The maximum absolute atomic E-state index is 10.6. The Morgan fingerprint density at radius 2 is 2.08 bits per heavy atom. The van der Waals surface area contributed by atoms with Gasteiger partial charge in [0.15, 0.2) is 5.82 Å². The third-order valence-corrected chi connectivity index (χ3v) is 8.75. The summed E-state index contributed by atoms with van der Waals surface area (Å²) in [4.78, 5) is 21.5. The molecule has 0 amide bonds. The largest absolute Gasteiger partial charge is 0.357 e. The average Bonchev–Trinajstić information content (AvgIpc) is 3.09. The summed E-state index contributed by atoms with van der Waals surface area (Å²) in [6.07, 6.45) is 10.1. The fourth-order valence-corrected chi connectivity index (χ4v) is 7.17. The van der Waals surface area contributed by atoms with E-state index in [2.05, 4.69) is 51.1 Å². The summed E-state index contributed by atoms with van der Waals surface area (Å²) in [5.41, 5.74) is 0.0446. The molecule has 3 rings (SSSR count). The second-order valence-corrected chi connectivity index (χ2v) is 11.3. The highest BCUT2D eigenvalue weighted by atomic mass is 127. The molecule has 2 aliphatic rings. The van der Waals surface area contributed by atoms with Crippen molar-refractivity contribution in [1.29, 1.82) is 5.16 Å². The van der Waals surface area contributed by atoms with Gasteiger partial charge in [-0.3, -0.25) is 5.16 Å². The van der Waals surface area contributed by atoms with Crippen molar-refractivity contribution in [1.82, 2.24) is 9.97 Å². The van der Waals surface area contributed by atoms with Crippen LogP contribution in [-0.2, 0) is 4.52 Å². The van der Waals surface area contributed by atoms with Crippen molar-refractivity contribution in [3.8, 4) is 0 Å². The summed E-state index contributed by atoms with van der Waals surface area (Å²) in [6.45, 7) is 3.73. The predicted molar refractivity (Wildman–Crippen MR) is 115 cm³/mol. The quantitative estimate of drug-likeness (QED) is 0.339. The Balaban J connectivity index is 1.53. The van der Waals surface area contributed by atoms with E-state index in [0.29, 0.717) is 15.8 Å². The molecule has 1 heterocycles. The third-order valence-electron chi connectivity index (χ3n) is 5.54. The molecule has 1 aromatic heterocycles. The minimum atomic E-state index is -3.01. The van der Waals surface area contributed by atoms with Crippen molar-refractivity contribution >= 4 is 42.0 Å². The van der Waals surface area contributed by atoms with E-state index in [4.69, 9.17) is 9.69 Å². The van der Waals surface area contributed by atoms with Crippen LogP contribution in [-0.4, -0.2) is 43.6 Å². The van der Waals surface area contributed by atoms with Gasteiger partial charge in [0.1, 0.15) is 5.82 Å². The van der Waals surface area contributed by atoms with Crippen LogP contribution in [0.1, 0.15) is 50.8 Å². The molecule has 0 aliphatic heterocycles. The van der Waals surface area contributed by atoms with Crippen LogP contribution in [0.4, 0.5) is 5.82 Å². The second kappa shape index (κ2) is 8.67. The van der Waals surface area contributed by atoms with Crippen LogP contribution in [0, 0.1) is 5.16 Å². The lowest BCUT2D eigenvalue weighted by atomic mass is 9.92. The van der Waals surface area contributed by atoms with Crippen molar-refractivity contribution in [3.05, 3.63) is 24.7 Å². The molecular weight excluding hydrogens is 462 g/mol. The molecule has 0 aromatic carbocycles. The highest BCUT2D eigenvalue weighted by Gasteiger charge is 2.37. The maximum atomic E-state index is 10.6. The number of rotatable bonds is 6. The van der Waals surface area contributed by atoms with E-state index in [1.54, 1.807) is 12.3 Å². The average molecular weight is 490 g/mol. The van der Waals surface area contributed by atoms with Gasteiger partial charge in [0, 0.05) is 28.9 Å². The molecule has 1 aromatic rings. The lowest BCUT2D eigenvalue weighted by Gasteiger charge is -2.37. The molecule has 6 nitrogen and oxygen atoms in total. The normalized spacial score (nSPS) is 31.3. The van der Waals surface area contributed by atoms with Gasteiger partial charge in [0.05, 0.1) is 6.10 Å². The molecule has 0 saturated heterocycles. The number of halogens is 1. The molecule has 2 fully saturated rings. The Hall–Kier alpha value is -0.500.